The summed E-state index contributed by atoms with van der Waals surface area (Å²) in [7, 11) is 0. The maximum atomic E-state index is 13.7. The van der Waals surface area contributed by atoms with Crippen molar-refractivity contribution in [2.24, 2.45) is 0 Å². The normalized spacial score (nSPS) is 19.4. The number of ketones is 1. The average Bonchev–Trinajstić information content (AvgIpc) is 2.87. The number of nitrogens with zero attached hydrogens (tertiary/aromatic N) is 1. The van der Waals surface area contributed by atoms with Crippen LogP contribution in [-0.2, 0) is 9.59 Å². The van der Waals surface area contributed by atoms with E-state index in [2.05, 4.69) is 0 Å². The molecule has 1 aliphatic rings. The molecule has 5 nitrogen and oxygen atoms in total. The van der Waals surface area contributed by atoms with E-state index in [9.17, 15) is 24.2 Å². The number of hydrogen-bond acceptors (Lipinski definition) is 4. The largest absolute Gasteiger partial charge is 0.507 e. The van der Waals surface area contributed by atoms with Crippen molar-refractivity contribution in [2.75, 3.05) is 13.2 Å². The Labute approximate surface area is 143 Å². The summed E-state index contributed by atoms with van der Waals surface area (Å²) in [5.74, 6) is -2.54. The molecule has 0 aliphatic carbocycles. The van der Waals surface area contributed by atoms with Crippen LogP contribution in [0.2, 0.25) is 0 Å². The lowest BCUT2D eigenvalue weighted by atomic mass is 9.95. The first-order valence-electron chi connectivity index (χ1n) is 7.74. The fraction of sp³-hybridized carbons (Fsp3) is 0.158. The Bertz CT molecular complexity index is 848. The zero-order valence-electron chi connectivity index (χ0n) is 13.2. The van der Waals surface area contributed by atoms with Crippen LogP contribution in [0.5, 0.6) is 0 Å². The minimum absolute atomic E-state index is 0.0999. The summed E-state index contributed by atoms with van der Waals surface area (Å²) in [4.78, 5) is 26.0. The summed E-state index contributed by atoms with van der Waals surface area (Å²) in [6, 6.07) is 12.9. The molecule has 0 aromatic heterocycles. The van der Waals surface area contributed by atoms with Crippen molar-refractivity contribution in [3.05, 3.63) is 77.1 Å². The molecule has 3 rings (SSSR count). The first kappa shape index (κ1) is 16.9. The smallest absolute Gasteiger partial charge is 0.295 e. The topological polar surface area (TPSA) is 77.8 Å². The van der Waals surface area contributed by atoms with Crippen molar-refractivity contribution in [2.45, 2.75) is 6.04 Å². The molecular weight excluding hydrogens is 325 g/mol. The van der Waals surface area contributed by atoms with E-state index in [-0.39, 0.29) is 24.5 Å². The molecule has 2 aromatic rings. The van der Waals surface area contributed by atoms with Crippen LogP contribution < -0.4 is 0 Å². The summed E-state index contributed by atoms with van der Waals surface area (Å²) in [5.41, 5.74) is 0.617. The highest BCUT2D eigenvalue weighted by atomic mass is 19.1. The Morgan fingerprint density at radius 2 is 1.80 bits per heavy atom. The second kappa shape index (κ2) is 6.86. The predicted molar refractivity (Wildman–Crippen MR) is 88.9 cm³/mol. The number of carbonyl (C=O) groups is 2. The van der Waals surface area contributed by atoms with E-state index in [1.807, 2.05) is 0 Å². The molecule has 1 saturated heterocycles. The number of aliphatic hydroxyl groups is 2. The minimum Gasteiger partial charge on any atom is -0.507 e. The molecular formula is C19H16FNO4. The van der Waals surface area contributed by atoms with Gasteiger partial charge < -0.3 is 15.1 Å². The summed E-state index contributed by atoms with van der Waals surface area (Å²) in [6.45, 7) is -0.457. The molecule has 0 bridgehead atoms. The monoisotopic (exact) mass is 341 g/mol. The zero-order valence-corrected chi connectivity index (χ0v) is 13.2. The molecule has 0 saturated carbocycles. The van der Waals surface area contributed by atoms with Crippen molar-refractivity contribution >= 4 is 17.4 Å². The van der Waals surface area contributed by atoms with Crippen LogP contribution >= 0.6 is 0 Å². The van der Waals surface area contributed by atoms with Crippen molar-refractivity contribution in [1.82, 2.24) is 4.90 Å². The predicted octanol–water partition coefficient (Wildman–Crippen LogP) is 2.24. The molecule has 1 atom stereocenters. The second-order valence-electron chi connectivity index (χ2n) is 5.64. The highest BCUT2D eigenvalue weighted by Crippen LogP contribution is 2.39. The molecule has 2 aromatic carbocycles. The third kappa shape index (κ3) is 3.04. The van der Waals surface area contributed by atoms with Gasteiger partial charge in [-0.2, -0.15) is 0 Å². The van der Waals surface area contributed by atoms with Gasteiger partial charge in [0.1, 0.15) is 11.6 Å². The van der Waals surface area contributed by atoms with Crippen LogP contribution in [0.1, 0.15) is 17.2 Å². The van der Waals surface area contributed by atoms with E-state index in [1.165, 1.54) is 18.2 Å². The van der Waals surface area contributed by atoms with Crippen LogP contribution in [0.15, 0.2) is 60.2 Å². The van der Waals surface area contributed by atoms with E-state index < -0.39 is 23.5 Å². The number of carbonyl (C=O) groups excluding carboxylic acids is 2. The van der Waals surface area contributed by atoms with Crippen LogP contribution in [0.25, 0.3) is 5.76 Å². The van der Waals surface area contributed by atoms with Gasteiger partial charge in [0.2, 0.25) is 0 Å². The van der Waals surface area contributed by atoms with Gasteiger partial charge in [0.05, 0.1) is 18.2 Å². The molecule has 1 fully saturated rings. The summed E-state index contributed by atoms with van der Waals surface area (Å²) >= 11 is 0. The number of likely N-dealkylation sites (tertiary alicyclic amines) is 1. The fourth-order valence-corrected chi connectivity index (χ4v) is 2.99. The molecule has 0 spiro atoms. The third-order valence-corrected chi connectivity index (χ3v) is 4.09. The standard InChI is InChI=1S/C19H16FNO4/c20-14-8-4-7-13(11-14)16-15(17(23)12-5-2-1-3-6-12)18(24)19(25)21(16)9-10-22/h1-8,11,16,22-23H,9-10H2/b17-15-. The van der Waals surface area contributed by atoms with Gasteiger partial charge >= 0.3 is 0 Å². The highest BCUT2D eigenvalue weighted by molar-refractivity contribution is 6.46. The summed E-state index contributed by atoms with van der Waals surface area (Å²) in [6.07, 6.45) is 0. The number of halogens is 1. The van der Waals surface area contributed by atoms with Gasteiger partial charge in [-0.25, -0.2) is 4.39 Å². The SMILES string of the molecule is O=C1C(=O)N(CCO)C(c2cccc(F)c2)/C1=C(/O)c1ccccc1. The van der Waals surface area contributed by atoms with E-state index in [0.717, 1.165) is 4.90 Å². The molecule has 1 heterocycles. The number of benzene rings is 2. The van der Waals surface area contributed by atoms with Gasteiger partial charge in [-0.15, -0.1) is 0 Å². The number of β-amino-alcohol motifs (C(OH)–C–C–N with tert-alkyl or cyclic N) is 1. The van der Waals surface area contributed by atoms with Crippen molar-refractivity contribution < 1.29 is 24.2 Å². The lowest BCUT2D eigenvalue weighted by Crippen LogP contribution is -2.32. The van der Waals surface area contributed by atoms with E-state index >= 15 is 0 Å². The summed E-state index contributed by atoms with van der Waals surface area (Å²) in [5, 5.41) is 19.9. The van der Waals surface area contributed by atoms with Crippen molar-refractivity contribution in [3.63, 3.8) is 0 Å². The quantitative estimate of drug-likeness (QED) is 0.508. The molecule has 1 amide bonds. The maximum absolute atomic E-state index is 13.7. The molecule has 128 valence electrons. The lowest BCUT2D eigenvalue weighted by Gasteiger charge is -2.24. The molecule has 25 heavy (non-hydrogen) atoms. The first-order chi connectivity index (χ1) is 12.0. The zero-order chi connectivity index (χ0) is 18.0. The highest BCUT2D eigenvalue weighted by Gasteiger charge is 2.45. The Morgan fingerprint density at radius 1 is 1.08 bits per heavy atom. The van der Waals surface area contributed by atoms with Gasteiger partial charge in [0, 0.05) is 12.1 Å². The molecule has 1 aliphatic heterocycles. The minimum atomic E-state index is -0.956. The molecule has 0 radical (unpaired) electrons. The third-order valence-electron chi connectivity index (χ3n) is 4.09. The second-order valence-corrected chi connectivity index (χ2v) is 5.64. The van der Waals surface area contributed by atoms with Crippen LogP contribution in [0, 0.1) is 5.82 Å². The summed E-state index contributed by atoms with van der Waals surface area (Å²) < 4.78 is 13.7. The number of Topliss-reactive ketones (excluding diaryl/α,β-unsaturated/α-hetero) is 1. The first-order valence-corrected chi connectivity index (χ1v) is 7.74. The van der Waals surface area contributed by atoms with Crippen molar-refractivity contribution in [1.29, 1.82) is 0 Å². The van der Waals surface area contributed by atoms with E-state index in [0.29, 0.717) is 11.1 Å². The van der Waals surface area contributed by atoms with E-state index in [4.69, 9.17) is 0 Å². The Balaban J connectivity index is 2.20. The van der Waals surface area contributed by atoms with Gasteiger partial charge in [0.15, 0.2) is 0 Å². The van der Waals surface area contributed by atoms with Crippen LogP contribution in [-0.4, -0.2) is 40.0 Å². The Kier molecular flexibility index (Phi) is 4.63. The Morgan fingerprint density at radius 3 is 2.44 bits per heavy atom. The maximum Gasteiger partial charge on any atom is 0.295 e. The number of hydrogen-bond donors (Lipinski definition) is 2. The van der Waals surface area contributed by atoms with Crippen LogP contribution in [0.3, 0.4) is 0 Å². The lowest BCUT2D eigenvalue weighted by molar-refractivity contribution is -0.140. The van der Waals surface area contributed by atoms with Gasteiger partial charge in [0.25, 0.3) is 11.7 Å². The molecule has 6 heteroatoms. The average molecular weight is 341 g/mol. The number of amides is 1. The van der Waals surface area contributed by atoms with Gasteiger partial charge in [-0.05, 0) is 17.7 Å². The Hall–Kier alpha value is -2.99. The fourth-order valence-electron chi connectivity index (χ4n) is 2.99. The van der Waals surface area contributed by atoms with Crippen LogP contribution in [0.4, 0.5) is 4.39 Å². The number of aliphatic hydroxyl groups excluding tert-OH is 2. The van der Waals surface area contributed by atoms with E-state index in [1.54, 1.807) is 36.4 Å². The van der Waals surface area contributed by atoms with Gasteiger partial charge in [-0.3, -0.25) is 9.59 Å². The molecule has 1 unspecified atom stereocenters. The van der Waals surface area contributed by atoms with Gasteiger partial charge in [-0.1, -0.05) is 42.5 Å². The molecule has 2 N–H and O–H groups in total. The van der Waals surface area contributed by atoms with Crippen molar-refractivity contribution in [3.8, 4) is 0 Å². The number of rotatable bonds is 4.